The Morgan fingerprint density at radius 2 is 1.96 bits per heavy atom. The second kappa shape index (κ2) is 8.05. The molecule has 1 aromatic carbocycles. The largest absolute Gasteiger partial charge is 0.467 e. The van der Waals surface area contributed by atoms with E-state index in [1.165, 1.54) is 6.26 Å². The molecule has 0 saturated heterocycles. The van der Waals surface area contributed by atoms with Crippen LogP contribution < -0.4 is 16.6 Å². The number of halogens is 1. The number of carbonyl (C=O) groups is 1. The van der Waals surface area contributed by atoms with E-state index in [0.717, 1.165) is 9.25 Å². The predicted octanol–water partition coefficient (Wildman–Crippen LogP) is 1.98. The molecule has 9 heteroatoms. The van der Waals surface area contributed by atoms with Crippen LogP contribution in [0.1, 0.15) is 29.6 Å². The number of aromatic nitrogens is 3. The fourth-order valence-electron chi connectivity index (χ4n) is 2.49. The maximum absolute atomic E-state index is 12.7. The van der Waals surface area contributed by atoms with Gasteiger partial charge in [0.05, 0.1) is 18.5 Å². The molecule has 0 spiro atoms. The van der Waals surface area contributed by atoms with Gasteiger partial charge in [-0.1, -0.05) is 18.5 Å². The fraction of sp³-hybridized carbons (Fsp3) is 0.222. The molecule has 3 aromatic rings. The molecule has 0 bridgehead atoms. The van der Waals surface area contributed by atoms with Crippen molar-refractivity contribution >= 4 is 17.5 Å². The van der Waals surface area contributed by atoms with Crippen LogP contribution >= 0.6 is 11.6 Å². The monoisotopic (exact) mass is 388 g/mol. The Morgan fingerprint density at radius 1 is 1.22 bits per heavy atom. The Hall–Kier alpha value is -3.13. The van der Waals surface area contributed by atoms with Gasteiger partial charge in [-0.15, -0.1) is 0 Å². The summed E-state index contributed by atoms with van der Waals surface area (Å²) >= 11 is 5.88. The van der Waals surface area contributed by atoms with E-state index in [4.69, 9.17) is 16.0 Å². The number of hydrogen-bond acceptors (Lipinski definition) is 5. The van der Waals surface area contributed by atoms with Crippen LogP contribution in [0.2, 0.25) is 5.02 Å². The van der Waals surface area contributed by atoms with Crippen molar-refractivity contribution in [2.24, 2.45) is 0 Å². The summed E-state index contributed by atoms with van der Waals surface area (Å²) in [4.78, 5) is 37.8. The molecule has 8 nitrogen and oxygen atoms in total. The van der Waals surface area contributed by atoms with Crippen LogP contribution in [0.5, 0.6) is 0 Å². The molecule has 2 heterocycles. The van der Waals surface area contributed by atoms with Gasteiger partial charge in [0.15, 0.2) is 0 Å². The number of nitrogens with zero attached hydrogens (tertiary/aromatic N) is 3. The first-order valence-corrected chi connectivity index (χ1v) is 8.69. The van der Waals surface area contributed by atoms with Crippen molar-refractivity contribution < 1.29 is 9.21 Å². The van der Waals surface area contributed by atoms with Crippen molar-refractivity contribution in [1.29, 1.82) is 0 Å². The third kappa shape index (κ3) is 4.01. The summed E-state index contributed by atoms with van der Waals surface area (Å²) in [5.74, 6) is -0.160. The van der Waals surface area contributed by atoms with Gasteiger partial charge in [0.2, 0.25) is 5.69 Å². The van der Waals surface area contributed by atoms with Crippen LogP contribution in [0.3, 0.4) is 0 Å². The Labute approximate surface area is 159 Å². The summed E-state index contributed by atoms with van der Waals surface area (Å²) in [6.07, 6.45) is 2.03. The normalized spacial score (nSPS) is 10.7. The van der Waals surface area contributed by atoms with Gasteiger partial charge >= 0.3 is 5.69 Å². The first-order chi connectivity index (χ1) is 13.0. The summed E-state index contributed by atoms with van der Waals surface area (Å²) in [7, 11) is 0. The van der Waals surface area contributed by atoms with E-state index in [0.29, 0.717) is 22.9 Å². The van der Waals surface area contributed by atoms with Crippen molar-refractivity contribution in [3.63, 3.8) is 0 Å². The summed E-state index contributed by atoms with van der Waals surface area (Å²) in [6, 6.07) is 9.74. The predicted molar refractivity (Wildman–Crippen MR) is 99.3 cm³/mol. The fourth-order valence-corrected chi connectivity index (χ4v) is 2.62. The number of benzene rings is 1. The van der Waals surface area contributed by atoms with Crippen molar-refractivity contribution in [1.82, 2.24) is 19.7 Å². The van der Waals surface area contributed by atoms with E-state index in [1.54, 1.807) is 36.4 Å². The highest BCUT2D eigenvalue weighted by molar-refractivity contribution is 6.30. The summed E-state index contributed by atoms with van der Waals surface area (Å²) in [5, 5.41) is 7.06. The lowest BCUT2D eigenvalue weighted by Gasteiger charge is -2.11. The molecule has 1 amide bonds. The van der Waals surface area contributed by atoms with Gasteiger partial charge in [0, 0.05) is 11.6 Å². The average Bonchev–Trinajstić information content (AvgIpc) is 3.18. The lowest BCUT2D eigenvalue weighted by atomic mass is 10.3. The molecule has 0 aliphatic rings. The van der Waals surface area contributed by atoms with Crippen molar-refractivity contribution in [3.05, 3.63) is 80.0 Å². The van der Waals surface area contributed by atoms with E-state index in [-0.39, 0.29) is 18.8 Å². The molecule has 1 N–H and O–H groups in total. The van der Waals surface area contributed by atoms with Crippen LogP contribution in [0.25, 0.3) is 5.69 Å². The molecule has 0 aliphatic carbocycles. The standard InChI is InChI=1S/C18H17ClN4O4/c1-2-9-22-17(25)15(16(24)20-11-14-4-3-10-27-14)21-23(18(22)26)13-7-5-12(19)6-8-13/h3-8,10H,2,9,11H2,1H3,(H,20,24). The minimum absolute atomic E-state index is 0.0980. The highest BCUT2D eigenvalue weighted by Crippen LogP contribution is 2.11. The minimum Gasteiger partial charge on any atom is -0.467 e. The Morgan fingerprint density at radius 3 is 2.59 bits per heavy atom. The smallest absolute Gasteiger partial charge is 0.352 e. The molecule has 0 saturated carbocycles. The molecule has 140 valence electrons. The molecule has 0 unspecified atom stereocenters. The maximum Gasteiger partial charge on any atom is 0.352 e. The second-order valence-corrected chi connectivity index (χ2v) is 6.17. The van der Waals surface area contributed by atoms with Crippen molar-refractivity contribution in [2.75, 3.05) is 0 Å². The first-order valence-electron chi connectivity index (χ1n) is 8.32. The van der Waals surface area contributed by atoms with Gasteiger partial charge in [0.25, 0.3) is 11.5 Å². The van der Waals surface area contributed by atoms with Gasteiger partial charge in [-0.3, -0.25) is 14.2 Å². The molecule has 2 aromatic heterocycles. The van der Waals surface area contributed by atoms with E-state index < -0.39 is 17.2 Å². The van der Waals surface area contributed by atoms with Gasteiger partial charge < -0.3 is 9.73 Å². The van der Waals surface area contributed by atoms with Crippen LogP contribution in [-0.4, -0.2) is 20.3 Å². The molecule has 0 aliphatic heterocycles. The lowest BCUT2D eigenvalue weighted by molar-refractivity contribution is 0.0938. The zero-order valence-electron chi connectivity index (χ0n) is 14.5. The van der Waals surface area contributed by atoms with Crippen LogP contribution in [0.15, 0.2) is 56.7 Å². The number of carbonyl (C=O) groups excluding carboxylic acids is 1. The Balaban J connectivity index is 2.04. The van der Waals surface area contributed by atoms with Gasteiger partial charge in [0.1, 0.15) is 5.76 Å². The summed E-state index contributed by atoms with van der Waals surface area (Å²) in [6.45, 7) is 2.10. The van der Waals surface area contributed by atoms with Crippen LogP contribution in [0.4, 0.5) is 0 Å². The molecular formula is C18H17ClN4O4. The van der Waals surface area contributed by atoms with Crippen LogP contribution in [0, 0.1) is 0 Å². The highest BCUT2D eigenvalue weighted by Gasteiger charge is 2.20. The minimum atomic E-state index is -0.732. The number of amides is 1. The van der Waals surface area contributed by atoms with E-state index in [2.05, 4.69) is 10.4 Å². The third-order valence-corrected chi connectivity index (χ3v) is 4.05. The Kier molecular flexibility index (Phi) is 5.56. The average molecular weight is 389 g/mol. The van der Waals surface area contributed by atoms with Gasteiger partial charge in [-0.25, -0.2) is 4.79 Å². The SMILES string of the molecule is CCCn1c(=O)c(C(=O)NCc2ccco2)nn(-c2ccc(Cl)cc2)c1=O. The van der Waals surface area contributed by atoms with Gasteiger partial charge in [-0.05, 0) is 42.8 Å². The van der Waals surface area contributed by atoms with Crippen LogP contribution in [-0.2, 0) is 13.1 Å². The number of rotatable bonds is 6. The van der Waals surface area contributed by atoms with Gasteiger partial charge in [-0.2, -0.15) is 9.78 Å². The highest BCUT2D eigenvalue weighted by atomic mass is 35.5. The summed E-state index contributed by atoms with van der Waals surface area (Å²) < 4.78 is 7.18. The third-order valence-electron chi connectivity index (χ3n) is 3.80. The lowest BCUT2D eigenvalue weighted by Crippen LogP contribution is -2.45. The second-order valence-electron chi connectivity index (χ2n) is 5.74. The topological polar surface area (TPSA) is 99.1 Å². The zero-order valence-corrected chi connectivity index (χ0v) is 15.3. The summed E-state index contributed by atoms with van der Waals surface area (Å²) in [5.41, 5.74) is -1.32. The quantitative estimate of drug-likeness (QED) is 0.696. The zero-order chi connectivity index (χ0) is 19.4. The molecule has 0 radical (unpaired) electrons. The van der Waals surface area contributed by atoms with E-state index in [9.17, 15) is 14.4 Å². The Bertz CT molecular complexity index is 1050. The van der Waals surface area contributed by atoms with E-state index >= 15 is 0 Å². The van der Waals surface area contributed by atoms with Crippen molar-refractivity contribution in [2.45, 2.75) is 26.4 Å². The molecule has 0 fully saturated rings. The number of nitrogens with one attached hydrogen (secondary N) is 1. The van der Waals surface area contributed by atoms with E-state index in [1.807, 2.05) is 6.92 Å². The number of hydrogen-bond donors (Lipinski definition) is 1. The maximum atomic E-state index is 12.7. The molecular weight excluding hydrogens is 372 g/mol. The molecule has 0 atom stereocenters. The molecule has 3 rings (SSSR count). The number of furan rings is 1. The first kappa shape index (κ1) is 18.7. The molecule has 27 heavy (non-hydrogen) atoms. The van der Waals surface area contributed by atoms with Crippen molar-refractivity contribution in [3.8, 4) is 5.69 Å².